The van der Waals surface area contributed by atoms with Gasteiger partial charge in [0.1, 0.15) is 19.0 Å². The van der Waals surface area contributed by atoms with Gasteiger partial charge >= 0.3 is 0 Å². The summed E-state index contributed by atoms with van der Waals surface area (Å²) in [5.41, 5.74) is 1.58. The number of carbonyl (C=O) groups is 2. The van der Waals surface area contributed by atoms with Gasteiger partial charge in [0.15, 0.2) is 11.5 Å². The van der Waals surface area contributed by atoms with Crippen molar-refractivity contribution in [3.63, 3.8) is 0 Å². The molecule has 2 aromatic rings. The number of likely N-dealkylation sites (tertiary alicyclic amines) is 1. The van der Waals surface area contributed by atoms with Gasteiger partial charge in [-0.25, -0.2) is 0 Å². The summed E-state index contributed by atoms with van der Waals surface area (Å²) in [5, 5.41) is 0. The van der Waals surface area contributed by atoms with E-state index in [9.17, 15) is 9.59 Å². The summed E-state index contributed by atoms with van der Waals surface area (Å²) in [7, 11) is 1.56. The number of fused-ring (bicyclic) bond motifs is 1. The van der Waals surface area contributed by atoms with Crippen LogP contribution < -0.4 is 14.2 Å². The average molecular weight is 353 g/mol. The summed E-state index contributed by atoms with van der Waals surface area (Å²) in [6, 6.07) is 12.8. The molecule has 1 fully saturated rings. The van der Waals surface area contributed by atoms with Gasteiger partial charge in [0.25, 0.3) is 0 Å². The summed E-state index contributed by atoms with van der Waals surface area (Å²) in [4.78, 5) is 26.6. The largest absolute Gasteiger partial charge is 0.496 e. The molecule has 0 aromatic heterocycles. The number of methoxy groups -OCH3 is 1. The van der Waals surface area contributed by atoms with Crippen molar-refractivity contribution < 1.29 is 23.8 Å². The van der Waals surface area contributed by atoms with Crippen LogP contribution in [0.25, 0.3) is 0 Å². The smallest absolute Gasteiger partial charge is 0.237 e. The van der Waals surface area contributed by atoms with Gasteiger partial charge in [0.05, 0.1) is 19.6 Å². The highest BCUT2D eigenvalue weighted by Gasteiger charge is 2.40. The highest BCUT2D eigenvalue weighted by molar-refractivity contribution is 6.06. The van der Waals surface area contributed by atoms with Crippen LogP contribution in [0, 0.1) is 0 Å². The van der Waals surface area contributed by atoms with E-state index in [0.717, 1.165) is 11.1 Å². The molecule has 2 heterocycles. The van der Waals surface area contributed by atoms with Gasteiger partial charge in [0.2, 0.25) is 11.8 Å². The molecule has 0 bridgehead atoms. The van der Waals surface area contributed by atoms with Crippen molar-refractivity contribution in [2.24, 2.45) is 0 Å². The van der Waals surface area contributed by atoms with E-state index < -0.39 is 5.92 Å². The molecule has 0 spiro atoms. The van der Waals surface area contributed by atoms with Crippen LogP contribution in [0.2, 0.25) is 0 Å². The van der Waals surface area contributed by atoms with E-state index >= 15 is 0 Å². The zero-order valence-corrected chi connectivity index (χ0v) is 14.4. The zero-order chi connectivity index (χ0) is 18.1. The third kappa shape index (κ3) is 2.87. The van der Waals surface area contributed by atoms with Gasteiger partial charge in [-0.3, -0.25) is 14.5 Å². The highest BCUT2D eigenvalue weighted by Crippen LogP contribution is 2.36. The molecular formula is C20H19NO5. The van der Waals surface area contributed by atoms with Crippen molar-refractivity contribution in [2.45, 2.75) is 18.9 Å². The summed E-state index contributed by atoms with van der Waals surface area (Å²) in [6.45, 7) is 1.24. The molecule has 6 heteroatoms. The minimum absolute atomic E-state index is 0.157. The Balaban J connectivity index is 1.56. The molecule has 26 heavy (non-hydrogen) atoms. The Labute approximate surface area is 151 Å². The normalized spacial score (nSPS) is 19.0. The van der Waals surface area contributed by atoms with Gasteiger partial charge in [-0.05, 0) is 23.8 Å². The fraction of sp³-hybridized carbons (Fsp3) is 0.300. The molecule has 4 rings (SSSR count). The van der Waals surface area contributed by atoms with Crippen LogP contribution in [0.3, 0.4) is 0 Å². The summed E-state index contributed by atoms with van der Waals surface area (Å²) in [5.74, 6) is 1.07. The van der Waals surface area contributed by atoms with E-state index in [4.69, 9.17) is 14.2 Å². The number of carbonyl (C=O) groups excluding carboxylic acids is 2. The molecular weight excluding hydrogens is 334 g/mol. The molecule has 0 N–H and O–H groups in total. The van der Waals surface area contributed by atoms with Crippen molar-refractivity contribution in [3.8, 4) is 17.2 Å². The van der Waals surface area contributed by atoms with Crippen molar-refractivity contribution in [3.05, 3.63) is 53.6 Å². The number of hydrogen-bond acceptors (Lipinski definition) is 5. The first-order valence-corrected chi connectivity index (χ1v) is 8.53. The van der Waals surface area contributed by atoms with Crippen LogP contribution >= 0.6 is 0 Å². The van der Waals surface area contributed by atoms with E-state index in [0.29, 0.717) is 30.5 Å². The third-order valence-corrected chi connectivity index (χ3v) is 4.71. The van der Waals surface area contributed by atoms with Crippen molar-refractivity contribution >= 4 is 11.8 Å². The molecule has 2 aromatic carbocycles. The van der Waals surface area contributed by atoms with Crippen molar-refractivity contribution in [1.82, 2.24) is 4.90 Å². The van der Waals surface area contributed by atoms with Gasteiger partial charge in [-0.1, -0.05) is 24.3 Å². The minimum Gasteiger partial charge on any atom is -0.496 e. The van der Waals surface area contributed by atoms with E-state index in [1.807, 2.05) is 36.4 Å². The fourth-order valence-electron chi connectivity index (χ4n) is 3.42. The molecule has 0 aliphatic carbocycles. The maximum Gasteiger partial charge on any atom is 0.237 e. The van der Waals surface area contributed by atoms with Crippen molar-refractivity contribution in [2.75, 3.05) is 20.3 Å². The van der Waals surface area contributed by atoms with E-state index in [-0.39, 0.29) is 24.8 Å². The van der Waals surface area contributed by atoms with Gasteiger partial charge in [0, 0.05) is 12.0 Å². The lowest BCUT2D eigenvalue weighted by molar-refractivity contribution is -0.139. The quantitative estimate of drug-likeness (QED) is 0.790. The number of benzene rings is 2. The Hall–Kier alpha value is -3.02. The molecule has 6 nitrogen and oxygen atoms in total. The molecule has 2 amide bonds. The number of nitrogens with zero attached hydrogens (tertiary/aromatic N) is 1. The van der Waals surface area contributed by atoms with Crippen LogP contribution in [-0.4, -0.2) is 37.0 Å². The van der Waals surface area contributed by atoms with E-state index in [1.165, 1.54) is 4.90 Å². The van der Waals surface area contributed by atoms with E-state index in [1.54, 1.807) is 13.2 Å². The average Bonchev–Trinajstić information content (AvgIpc) is 2.96. The highest BCUT2D eigenvalue weighted by atomic mass is 16.6. The number of ether oxygens (including phenoxy) is 3. The van der Waals surface area contributed by atoms with Gasteiger partial charge < -0.3 is 14.2 Å². The molecule has 1 unspecified atom stereocenters. The Morgan fingerprint density at radius 3 is 2.65 bits per heavy atom. The minimum atomic E-state index is -0.504. The second-order valence-electron chi connectivity index (χ2n) is 6.29. The molecule has 2 aliphatic rings. The lowest BCUT2D eigenvalue weighted by Gasteiger charge is -2.20. The Kier molecular flexibility index (Phi) is 4.24. The van der Waals surface area contributed by atoms with Crippen LogP contribution in [-0.2, 0) is 16.1 Å². The Morgan fingerprint density at radius 2 is 1.85 bits per heavy atom. The Morgan fingerprint density at radius 1 is 1.08 bits per heavy atom. The van der Waals surface area contributed by atoms with Gasteiger partial charge in [-0.15, -0.1) is 0 Å². The lowest BCUT2D eigenvalue weighted by Crippen LogP contribution is -2.29. The summed E-state index contributed by atoms with van der Waals surface area (Å²) in [6.07, 6.45) is 0.157. The number of imide groups is 1. The van der Waals surface area contributed by atoms with Gasteiger partial charge in [-0.2, -0.15) is 0 Å². The number of amides is 2. The van der Waals surface area contributed by atoms with E-state index in [2.05, 4.69) is 0 Å². The monoisotopic (exact) mass is 353 g/mol. The van der Waals surface area contributed by atoms with Crippen LogP contribution in [0.5, 0.6) is 17.2 Å². The predicted molar refractivity (Wildman–Crippen MR) is 93.3 cm³/mol. The number of hydrogen-bond donors (Lipinski definition) is 0. The maximum atomic E-state index is 12.9. The zero-order valence-electron chi connectivity index (χ0n) is 14.4. The van der Waals surface area contributed by atoms with Crippen molar-refractivity contribution in [1.29, 1.82) is 0 Å². The standard InChI is InChI=1S/C20H19NO5/c1-24-16-5-3-2-4-14(16)15-11-19(22)21(20(15)23)12-13-6-7-17-18(10-13)26-9-8-25-17/h2-7,10,15H,8-9,11-12H2,1H3. The summed E-state index contributed by atoms with van der Waals surface area (Å²) >= 11 is 0. The molecule has 134 valence electrons. The van der Waals surface area contributed by atoms with Crippen LogP contribution in [0.4, 0.5) is 0 Å². The molecule has 1 atom stereocenters. The van der Waals surface area contributed by atoms with Crippen LogP contribution in [0.1, 0.15) is 23.5 Å². The first-order chi connectivity index (χ1) is 12.7. The maximum absolute atomic E-state index is 12.9. The third-order valence-electron chi connectivity index (χ3n) is 4.71. The number of rotatable bonds is 4. The Bertz CT molecular complexity index is 863. The summed E-state index contributed by atoms with van der Waals surface area (Å²) < 4.78 is 16.4. The molecule has 1 saturated heterocycles. The SMILES string of the molecule is COc1ccccc1C1CC(=O)N(Cc2ccc3c(c2)OCCO3)C1=O. The van der Waals surface area contributed by atoms with Crippen LogP contribution in [0.15, 0.2) is 42.5 Å². The second kappa shape index (κ2) is 6.71. The first kappa shape index (κ1) is 16.4. The lowest BCUT2D eigenvalue weighted by atomic mass is 9.96. The predicted octanol–water partition coefficient (Wildman–Crippen LogP) is 2.51. The molecule has 2 aliphatic heterocycles. The topological polar surface area (TPSA) is 65.1 Å². The fourth-order valence-corrected chi connectivity index (χ4v) is 3.42. The first-order valence-electron chi connectivity index (χ1n) is 8.53. The second-order valence-corrected chi connectivity index (χ2v) is 6.29. The molecule has 0 saturated carbocycles. The number of para-hydroxylation sites is 1. The molecule has 0 radical (unpaired) electrons.